The van der Waals surface area contributed by atoms with Crippen molar-refractivity contribution in [2.75, 3.05) is 30.4 Å². The van der Waals surface area contributed by atoms with Gasteiger partial charge in [0.2, 0.25) is 11.9 Å². The van der Waals surface area contributed by atoms with E-state index in [2.05, 4.69) is 20.6 Å². The molecule has 9 heteroatoms. The molecule has 2 aromatic rings. The van der Waals surface area contributed by atoms with E-state index in [9.17, 15) is 14.4 Å². The van der Waals surface area contributed by atoms with Crippen LogP contribution in [0.2, 0.25) is 0 Å². The van der Waals surface area contributed by atoms with E-state index in [1.807, 2.05) is 6.07 Å². The molecule has 0 atom stereocenters. The quantitative estimate of drug-likeness (QED) is 0.257. The van der Waals surface area contributed by atoms with E-state index in [1.165, 1.54) is 20.0 Å². The number of hydrogen-bond donors (Lipinski definition) is 5. The van der Waals surface area contributed by atoms with Gasteiger partial charge in [0.1, 0.15) is 5.82 Å². The zero-order valence-corrected chi connectivity index (χ0v) is 15.8. The zero-order chi connectivity index (χ0) is 20.7. The van der Waals surface area contributed by atoms with Crippen molar-refractivity contribution in [1.82, 2.24) is 15.3 Å². The molecule has 1 heterocycles. The van der Waals surface area contributed by atoms with Crippen molar-refractivity contribution in [1.29, 1.82) is 0 Å². The van der Waals surface area contributed by atoms with Gasteiger partial charge in [-0.25, -0.2) is 0 Å². The third-order valence-corrected chi connectivity index (χ3v) is 4.09. The molecule has 0 spiro atoms. The highest BCUT2D eigenvalue weighted by Gasteiger charge is 2.09. The number of ketones is 1. The number of rotatable bonds is 8. The minimum atomic E-state index is -0.337. The summed E-state index contributed by atoms with van der Waals surface area (Å²) in [5, 5.41) is 5.70. The third kappa shape index (κ3) is 5.44. The Morgan fingerprint density at radius 2 is 2.04 bits per heavy atom. The number of aromatic amines is 1. The second kappa shape index (κ2) is 9.36. The Hall–Kier alpha value is -3.62. The number of nitrogen functional groups attached to an aromatic ring is 2. The minimum absolute atomic E-state index is 0.00769. The maximum atomic E-state index is 11.9. The van der Waals surface area contributed by atoms with Crippen molar-refractivity contribution in [2.24, 2.45) is 0 Å². The van der Waals surface area contributed by atoms with Gasteiger partial charge >= 0.3 is 0 Å². The molecule has 0 radical (unpaired) electrons. The Morgan fingerprint density at radius 1 is 1.29 bits per heavy atom. The van der Waals surface area contributed by atoms with Gasteiger partial charge in [-0.05, 0) is 43.5 Å². The maximum absolute atomic E-state index is 11.9. The number of nitrogens with two attached hydrogens (primary N) is 2. The zero-order valence-electron chi connectivity index (χ0n) is 15.8. The predicted molar refractivity (Wildman–Crippen MR) is 110 cm³/mol. The van der Waals surface area contributed by atoms with Gasteiger partial charge in [-0.15, -0.1) is 0 Å². The van der Waals surface area contributed by atoms with Gasteiger partial charge in [0.15, 0.2) is 5.78 Å². The molecule has 0 saturated carbocycles. The average Bonchev–Trinajstić information content (AvgIpc) is 2.64. The van der Waals surface area contributed by atoms with Crippen molar-refractivity contribution < 1.29 is 9.59 Å². The lowest BCUT2D eigenvalue weighted by Crippen LogP contribution is -2.20. The van der Waals surface area contributed by atoms with Crippen LogP contribution in [0.25, 0.3) is 6.08 Å². The summed E-state index contributed by atoms with van der Waals surface area (Å²) < 4.78 is 0. The second-order valence-electron chi connectivity index (χ2n) is 6.15. The summed E-state index contributed by atoms with van der Waals surface area (Å²) in [5.74, 6) is -0.227. The standard InChI is InChI=1S/C19H24N6O3/c1-11(26)15-10-13(7-5-12(15)6-8-16(27)22-2)23-9-3-4-14-17(20)24-19(21)25-18(14)28/h5-8,10,23H,3-4,9H2,1-2H3,(H,22,27)(H5,20,21,24,25,28)/b8-6+. The van der Waals surface area contributed by atoms with Gasteiger partial charge in [-0.2, -0.15) is 4.98 Å². The number of anilines is 3. The van der Waals surface area contributed by atoms with E-state index < -0.39 is 0 Å². The Labute approximate surface area is 162 Å². The van der Waals surface area contributed by atoms with Gasteiger partial charge < -0.3 is 22.1 Å². The van der Waals surface area contributed by atoms with Crippen LogP contribution in [0.3, 0.4) is 0 Å². The fourth-order valence-electron chi connectivity index (χ4n) is 2.64. The summed E-state index contributed by atoms with van der Waals surface area (Å²) in [5.41, 5.74) is 13.2. The Kier molecular flexibility index (Phi) is 6.91. The second-order valence-corrected chi connectivity index (χ2v) is 6.15. The summed E-state index contributed by atoms with van der Waals surface area (Å²) in [6, 6.07) is 5.32. The molecular weight excluding hydrogens is 360 g/mol. The molecule has 7 N–H and O–H groups in total. The van der Waals surface area contributed by atoms with Crippen LogP contribution in [0.5, 0.6) is 0 Å². The molecule has 0 unspecified atom stereocenters. The maximum Gasteiger partial charge on any atom is 0.257 e. The highest BCUT2D eigenvalue weighted by molar-refractivity contribution is 6.00. The lowest BCUT2D eigenvalue weighted by atomic mass is 10.0. The van der Waals surface area contributed by atoms with Crippen LogP contribution in [0.4, 0.5) is 17.5 Å². The number of carbonyl (C=O) groups is 2. The van der Waals surface area contributed by atoms with Crippen LogP contribution in [-0.2, 0) is 11.2 Å². The fraction of sp³-hybridized carbons (Fsp3) is 0.263. The van der Waals surface area contributed by atoms with Gasteiger partial charge in [0.25, 0.3) is 5.56 Å². The number of nitrogens with one attached hydrogen (secondary N) is 3. The number of H-pyrrole nitrogens is 1. The van der Waals surface area contributed by atoms with Crippen molar-refractivity contribution in [3.05, 3.63) is 51.3 Å². The summed E-state index contributed by atoms with van der Waals surface area (Å²) in [4.78, 5) is 41.4. The molecule has 2 rings (SSSR count). The van der Waals surface area contributed by atoms with E-state index in [0.717, 1.165) is 5.69 Å². The molecule has 1 aromatic carbocycles. The molecule has 0 aliphatic rings. The smallest absolute Gasteiger partial charge is 0.257 e. The van der Waals surface area contributed by atoms with Crippen LogP contribution in [0.15, 0.2) is 29.1 Å². The predicted octanol–water partition coefficient (Wildman–Crippen LogP) is 0.941. The Balaban J connectivity index is 2.02. The van der Waals surface area contributed by atoms with Gasteiger partial charge in [0, 0.05) is 30.9 Å². The summed E-state index contributed by atoms with van der Waals surface area (Å²) >= 11 is 0. The third-order valence-electron chi connectivity index (χ3n) is 4.09. The molecule has 28 heavy (non-hydrogen) atoms. The fourth-order valence-corrected chi connectivity index (χ4v) is 2.64. The monoisotopic (exact) mass is 384 g/mol. The Morgan fingerprint density at radius 3 is 2.68 bits per heavy atom. The van der Waals surface area contributed by atoms with Gasteiger partial charge in [0.05, 0.1) is 5.56 Å². The number of hydrogen-bond acceptors (Lipinski definition) is 7. The number of carbonyl (C=O) groups excluding carboxylic acids is 2. The van der Waals surface area contributed by atoms with Crippen LogP contribution in [0, 0.1) is 0 Å². The average molecular weight is 384 g/mol. The number of aromatic nitrogens is 2. The Bertz CT molecular complexity index is 965. The van der Waals surface area contributed by atoms with Crippen LogP contribution >= 0.6 is 0 Å². The van der Waals surface area contributed by atoms with E-state index in [4.69, 9.17) is 11.5 Å². The van der Waals surface area contributed by atoms with Crippen LogP contribution in [0.1, 0.15) is 34.8 Å². The van der Waals surface area contributed by atoms with Crippen molar-refractivity contribution in [2.45, 2.75) is 19.8 Å². The molecule has 9 nitrogen and oxygen atoms in total. The normalized spacial score (nSPS) is 10.8. The van der Waals surface area contributed by atoms with E-state index in [0.29, 0.717) is 36.1 Å². The summed E-state index contributed by atoms with van der Waals surface area (Å²) in [6.45, 7) is 2.04. The first-order valence-electron chi connectivity index (χ1n) is 8.74. The van der Waals surface area contributed by atoms with Crippen molar-refractivity contribution in [3.63, 3.8) is 0 Å². The summed E-state index contributed by atoms with van der Waals surface area (Å²) in [7, 11) is 1.54. The lowest BCUT2D eigenvalue weighted by molar-refractivity contribution is -0.115. The molecule has 0 aliphatic carbocycles. The highest BCUT2D eigenvalue weighted by Crippen LogP contribution is 2.18. The van der Waals surface area contributed by atoms with E-state index >= 15 is 0 Å². The summed E-state index contributed by atoms with van der Waals surface area (Å²) in [6.07, 6.45) is 4.04. The van der Waals surface area contributed by atoms with Crippen molar-refractivity contribution in [3.8, 4) is 0 Å². The van der Waals surface area contributed by atoms with Crippen LogP contribution < -0.4 is 27.7 Å². The largest absolute Gasteiger partial charge is 0.385 e. The lowest BCUT2D eigenvalue weighted by Gasteiger charge is -2.10. The topological polar surface area (TPSA) is 156 Å². The molecule has 0 saturated heterocycles. The number of Topliss-reactive ketones (excluding diaryl/α,β-unsaturated/α-hetero) is 1. The highest BCUT2D eigenvalue weighted by atomic mass is 16.1. The molecule has 0 bridgehead atoms. The molecule has 0 aliphatic heterocycles. The number of benzene rings is 1. The first kappa shape index (κ1) is 20.7. The van der Waals surface area contributed by atoms with Crippen molar-refractivity contribution >= 4 is 35.2 Å². The van der Waals surface area contributed by atoms with E-state index in [-0.39, 0.29) is 29.0 Å². The molecule has 1 aromatic heterocycles. The molecule has 0 fully saturated rings. The van der Waals surface area contributed by atoms with E-state index in [1.54, 1.807) is 18.2 Å². The van der Waals surface area contributed by atoms with Gasteiger partial charge in [-0.3, -0.25) is 19.4 Å². The number of nitrogens with zero attached hydrogens (tertiary/aromatic N) is 1. The number of likely N-dealkylation sites (N-methyl/N-ethyl adjacent to an activating group) is 1. The van der Waals surface area contributed by atoms with Gasteiger partial charge in [-0.1, -0.05) is 6.07 Å². The first-order chi connectivity index (χ1) is 13.3. The first-order valence-corrected chi connectivity index (χ1v) is 8.74. The minimum Gasteiger partial charge on any atom is -0.385 e. The molecule has 148 valence electrons. The molecule has 1 amide bonds. The molecular formula is C19H24N6O3. The SMILES string of the molecule is CNC(=O)/C=C/c1ccc(NCCCc2c(N)nc(N)[nH]c2=O)cc1C(C)=O. The number of amides is 1. The van der Waals surface area contributed by atoms with Crippen LogP contribution in [-0.4, -0.2) is 35.3 Å².